The Balaban J connectivity index is 2.30. The molecule has 1 aromatic rings. The number of rotatable bonds is 5. The van der Waals surface area contributed by atoms with E-state index in [9.17, 15) is 9.59 Å². The van der Waals surface area contributed by atoms with Crippen LogP contribution in [0.4, 0.5) is 0 Å². The van der Waals surface area contributed by atoms with Gasteiger partial charge in [-0.2, -0.15) is 0 Å². The number of benzene rings is 1. The van der Waals surface area contributed by atoms with E-state index in [2.05, 4.69) is 10.1 Å². The Labute approximate surface area is 100 Å². The molecular weight excluding hydrogens is 218 g/mol. The van der Waals surface area contributed by atoms with Gasteiger partial charge in [0.1, 0.15) is 0 Å². The van der Waals surface area contributed by atoms with Gasteiger partial charge in [0.2, 0.25) is 5.91 Å². The Morgan fingerprint density at radius 1 is 1.29 bits per heavy atom. The maximum atomic E-state index is 11.3. The van der Waals surface area contributed by atoms with Crippen LogP contribution in [0.3, 0.4) is 0 Å². The minimum atomic E-state index is -0.336. The van der Waals surface area contributed by atoms with Crippen LogP contribution in [-0.2, 0) is 14.3 Å². The summed E-state index contributed by atoms with van der Waals surface area (Å²) in [5, 5.41) is 2.59. The highest BCUT2D eigenvalue weighted by Gasteiger charge is 2.00. The molecule has 0 aliphatic heterocycles. The van der Waals surface area contributed by atoms with Crippen molar-refractivity contribution in [2.24, 2.45) is 0 Å². The molecule has 0 radical (unpaired) electrons. The Kier molecular flexibility index (Phi) is 5.51. The van der Waals surface area contributed by atoms with Crippen molar-refractivity contribution in [1.29, 1.82) is 0 Å². The van der Waals surface area contributed by atoms with E-state index in [0.29, 0.717) is 0 Å². The van der Waals surface area contributed by atoms with E-state index in [4.69, 9.17) is 0 Å². The lowest BCUT2D eigenvalue weighted by Gasteiger charge is -2.00. The fourth-order valence-electron chi connectivity index (χ4n) is 1.18. The topological polar surface area (TPSA) is 55.4 Å². The van der Waals surface area contributed by atoms with Crippen molar-refractivity contribution in [1.82, 2.24) is 5.32 Å². The Morgan fingerprint density at radius 2 is 2.00 bits per heavy atom. The molecule has 0 fully saturated rings. The van der Waals surface area contributed by atoms with Gasteiger partial charge in [-0.1, -0.05) is 30.3 Å². The zero-order chi connectivity index (χ0) is 12.5. The van der Waals surface area contributed by atoms with Gasteiger partial charge < -0.3 is 10.1 Å². The van der Waals surface area contributed by atoms with Crippen molar-refractivity contribution in [3.05, 3.63) is 42.0 Å². The van der Waals surface area contributed by atoms with Gasteiger partial charge in [0.15, 0.2) is 0 Å². The summed E-state index contributed by atoms with van der Waals surface area (Å²) in [5.74, 6) is -0.560. The van der Waals surface area contributed by atoms with Crippen molar-refractivity contribution in [2.45, 2.75) is 6.42 Å². The third-order valence-electron chi connectivity index (χ3n) is 2.08. The number of esters is 1. The fourth-order valence-corrected chi connectivity index (χ4v) is 1.18. The monoisotopic (exact) mass is 233 g/mol. The number of ether oxygens (including phenoxy) is 1. The molecule has 0 aliphatic rings. The SMILES string of the molecule is COC(=O)CCNC(=O)/C=C/c1ccccc1. The second kappa shape index (κ2) is 7.22. The highest BCUT2D eigenvalue weighted by atomic mass is 16.5. The van der Waals surface area contributed by atoms with E-state index in [-0.39, 0.29) is 24.8 Å². The first-order valence-corrected chi connectivity index (χ1v) is 5.30. The zero-order valence-corrected chi connectivity index (χ0v) is 9.68. The molecule has 0 aromatic heterocycles. The average molecular weight is 233 g/mol. The van der Waals surface area contributed by atoms with E-state index < -0.39 is 0 Å². The predicted molar refractivity (Wildman–Crippen MR) is 65.1 cm³/mol. The molecule has 0 heterocycles. The second-order valence-electron chi connectivity index (χ2n) is 3.36. The van der Waals surface area contributed by atoms with Gasteiger partial charge in [-0.3, -0.25) is 9.59 Å². The smallest absolute Gasteiger partial charge is 0.307 e. The summed E-state index contributed by atoms with van der Waals surface area (Å²) in [6.07, 6.45) is 3.33. The van der Waals surface area contributed by atoms with Crippen LogP contribution in [0.25, 0.3) is 6.08 Å². The number of carbonyl (C=O) groups is 2. The molecule has 0 bridgehead atoms. The summed E-state index contributed by atoms with van der Waals surface area (Å²) in [4.78, 5) is 22.1. The molecule has 0 aliphatic carbocycles. The van der Waals surface area contributed by atoms with Crippen LogP contribution in [0.5, 0.6) is 0 Å². The first-order chi connectivity index (χ1) is 8.22. The molecule has 0 atom stereocenters. The van der Waals surface area contributed by atoms with Crippen LogP contribution >= 0.6 is 0 Å². The van der Waals surface area contributed by atoms with Gasteiger partial charge in [0.05, 0.1) is 13.5 Å². The molecule has 0 saturated heterocycles. The van der Waals surface area contributed by atoms with Gasteiger partial charge >= 0.3 is 5.97 Å². The summed E-state index contributed by atoms with van der Waals surface area (Å²) in [5.41, 5.74) is 0.954. The maximum absolute atomic E-state index is 11.3. The molecule has 1 rings (SSSR count). The lowest BCUT2D eigenvalue weighted by molar-refractivity contribution is -0.140. The van der Waals surface area contributed by atoms with Crippen molar-refractivity contribution >= 4 is 18.0 Å². The number of methoxy groups -OCH3 is 1. The third-order valence-corrected chi connectivity index (χ3v) is 2.08. The van der Waals surface area contributed by atoms with Crippen LogP contribution in [0.2, 0.25) is 0 Å². The first kappa shape index (κ1) is 13.0. The minimum absolute atomic E-state index is 0.182. The van der Waals surface area contributed by atoms with E-state index >= 15 is 0 Å². The second-order valence-corrected chi connectivity index (χ2v) is 3.36. The molecule has 4 heteroatoms. The molecular formula is C13H15NO3. The normalized spacial score (nSPS) is 10.2. The number of carbonyl (C=O) groups excluding carboxylic acids is 2. The standard InChI is InChI=1S/C13H15NO3/c1-17-13(16)9-10-14-12(15)8-7-11-5-3-2-4-6-11/h2-8H,9-10H2,1H3,(H,14,15)/b8-7+. The molecule has 90 valence electrons. The molecule has 1 amide bonds. The molecule has 0 saturated carbocycles. The van der Waals surface area contributed by atoms with Crippen LogP contribution < -0.4 is 5.32 Å². The summed E-state index contributed by atoms with van der Waals surface area (Å²) in [6, 6.07) is 9.51. The summed E-state index contributed by atoms with van der Waals surface area (Å²) in [7, 11) is 1.32. The summed E-state index contributed by atoms with van der Waals surface area (Å²) < 4.78 is 4.45. The molecule has 1 N–H and O–H groups in total. The number of nitrogens with one attached hydrogen (secondary N) is 1. The van der Waals surface area contributed by atoms with E-state index in [0.717, 1.165) is 5.56 Å². The fraction of sp³-hybridized carbons (Fsp3) is 0.231. The molecule has 1 aromatic carbocycles. The lowest BCUT2D eigenvalue weighted by atomic mass is 10.2. The number of hydrogen-bond acceptors (Lipinski definition) is 3. The van der Waals surface area contributed by atoms with Gasteiger partial charge in [-0.15, -0.1) is 0 Å². The Bertz CT molecular complexity index is 398. The van der Waals surface area contributed by atoms with Crippen LogP contribution in [0.1, 0.15) is 12.0 Å². The van der Waals surface area contributed by atoms with Crippen molar-refractivity contribution in [2.75, 3.05) is 13.7 Å². The van der Waals surface area contributed by atoms with Gasteiger partial charge in [0.25, 0.3) is 0 Å². The van der Waals surface area contributed by atoms with Crippen molar-refractivity contribution in [3.8, 4) is 0 Å². The molecule has 0 unspecified atom stereocenters. The van der Waals surface area contributed by atoms with Crippen LogP contribution in [0, 0.1) is 0 Å². The van der Waals surface area contributed by atoms with Crippen LogP contribution in [0.15, 0.2) is 36.4 Å². The predicted octanol–water partition coefficient (Wildman–Crippen LogP) is 1.38. The van der Waals surface area contributed by atoms with Crippen LogP contribution in [-0.4, -0.2) is 25.5 Å². The van der Waals surface area contributed by atoms with Crippen molar-refractivity contribution < 1.29 is 14.3 Å². The van der Waals surface area contributed by atoms with E-state index in [1.165, 1.54) is 13.2 Å². The first-order valence-electron chi connectivity index (χ1n) is 5.30. The number of hydrogen-bond donors (Lipinski definition) is 1. The van der Waals surface area contributed by atoms with Crippen molar-refractivity contribution in [3.63, 3.8) is 0 Å². The average Bonchev–Trinajstić information content (AvgIpc) is 2.37. The lowest BCUT2D eigenvalue weighted by Crippen LogP contribution is -2.24. The molecule has 17 heavy (non-hydrogen) atoms. The Morgan fingerprint density at radius 3 is 2.65 bits per heavy atom. The minimum Gasteiger partial charge on any atom is -0.469 e. The highest BCUT2D eigenvalue weighted by molar-refractivity contribution is 5.91. The quantitative estimate of drug-likeness (QED) is 0.617. The van der Waals surface area contributed by atoms with E-state index in [1.54, 1.807) is 6.08 Å². The summed E-state index contributed by atoms with van der Waals surface area (Å²) in [6.45, 7) is 0.282. The Hall–Kier alpha value is -2.10. The summed E-state index contributed by atoms with van der Waals surface area (Å²) >= 11 is 0. The highest BCUT2D eigenvalue weighted by Crippen LogP contribution is 2.00. The largest absolute Gasteiger partial charge is 0.469 e. The zero-order valence-electron chi connectivity index (χ0n) is 9.68. The molecule has 0 spiro atoms. The maximum Gasteiger partial charge on any atom is 0.307 e. The van der Waals surface area contributed by atoms with Gasteiger partial charge in [-0.05, 0) is 11.6 Å². The van der Waals surface area contributed by atoms with Gasteiger partial charge in [0, 0.05) is 12.6 Å². The molecule has 4 nitrogen and oxygen atoms in total. The van der Waals surface area contributed by atoms with E-state index in [1.807, 2.05) is 30.3 Å². The van der Waals surface area contributed by atoms with Gasteiger partial charge in [-0.25, -0.2) is 0 Å². The number of amides is 1. The third kappa shape index (κ3) is 5.51.